The molecule has 21 heavy (non-hydrogen) atoms. The zero-order valence-corrected chi connectivity index (χ0v) is 14.1. The zero-order chi connectivity index (χ0) is 15.5. The van der Waals surface area contributed by atoms with E-state index in [1.165, 1.54) is 17.8 Å². The first-order chi connectivity index (χ1) is 9.83. The Labute approximate surface area is 130 Å². The molecule has 2 rings (SSSR count). The van der Waals surface area contributed by atoms with E-state index in [4.69, 9.17) is 4.74 Å². The lowest BCUT2D eigenvalue weighted by atomic mass is 10.1. The summed E-state index contributed by atoms with van der Waals surface area (Å²) < 4.78 is 7.81. The predicted octanol–water partition coefficient (Wildman–Crippen LogP) is 2.84. The highest BCUT2D eigenvalue weighted by Crippen LogP contribution is 2.14. The van der Waals surface area contributed by atoms with E-state index >= 15 is 0 Å². The van der Waals surface area contributed by atoms with Gasteiger partial charge in [-0.15, -0.1) is 11.3 Å². The van der Waals surface area contributed by atoms with Crippen molar-refractivity contribution in [1.29, 1.82) is 0 Å². The second-order valence-electron chi connectivity index (χ2n) is 6.56. The molecule has 118 valence electrons. The summed E-state index contributed by atoms with van der Waals surface area (Å²) in [5, 5.41) is 2.86. The minimum atomic E-state index is -0.289. The Balaban J connectivity index is 2.13. The average Bonchev–Trinajstić information content (AvgIpc) is 2.68. The SMILES string of the molecule is Cc1cn(CC2CCCCO2)/c(=N/C(=O)NC(C)(C)C)s1. The fourth-order valence-electron chi connectivity index (χ4n) is 2.33. The molecule has 0 aromatic carbocycles. The molecule has 0 spiro atoms. The molecule has 0 bridgehead atoms. The highest BCUT2D eigenvalue weighted by molar-refractivity contribution is 7.09. The lowest BCUT2D eigenvalue weighted by molar-refractivity contribution is 0.00556. The first-order valence-electron chi connectivity index (χ1n) is 7.49. The number of urea groups is 1. The molecule has 1 aliphatic heterocycles. The van der Waals surface area contributed by atoms with Gasteiger partial charge in [-0.05, 0) is 47.0 Å². The summed E-state index contributed by atoms with van der Waals surface area (Å²) in [7, 11) is 0. The first kappa shape index (κ1) is 16.2. The zero-order valence-electron chi connectivity index (χ0n) is 13.3. The summed E-state index contributed by atoms with van der Waals surface area (Å²) in [6.45, 7) is 9.49. The van der Waals surface area contributed by atoms with Gasteiger partial charge in [-0.1, -0.05) is 0 Å². The van der Waals surface area contributed by atoms with Crippen LogP contribution in [-0.4, -0.2) is 28.8 Å². The van der Waals surface area contributed by atoms with Crippen LogP contribution >= 0.6 is 11.3 Å². The van der Waals surface area contributed by atoms with Crippen molar-refractivity contribution in [3.8, 4) is 0 Å². The van der Waals surface area contributed by atoms with Gasteiger partial charge in [-0.25, -0.2) is 4.79 Å². The topological polar surface area (TPSA) is 55.6 Å². The standard InChI is InChI=1S/C15H25N3O2S/c1-11-9-18(10-12-7-5-6-8-20-12)14(21-11)16-13(19)17-15(2,3)4/h9,12H,5-8,10H2,1-4H3,(H,17,19)/b16-14-. The van der Waals surface area contributed by atoms with Gasteiger partial charge in [0.05, 0.1) is 12.6 Å². The monoisotopic (exact) mass is 311 g/mol. The molecule has 6 heteroatoms. The van der Waals surface area contributed by atoms with Crippen LogP contribution in [0.2, 0.25) is 0 Å². The molecule has 5 nitrogen and oxygen atoms in total. The highest BCUT2D eigenvalue weighted by Gasteiger charge is 2.16. The molecule has 2 amide bonds. The Bertz CT molecular complexity index is 548. The van der Waals surface area contributed by atoms with Crippen molar-refractivity contribution in [3.63, 3.8) is 0 Å². The summed E-state index contributed by atoms with van der Waals surface area (Å²) in [5.41, 5.74) is -0.274. The van der Waals surface area contributed by atoms with Crippen molar-refractivity contribution in [2.75, 3.05) is 6.61 Å². The van der Waals surface area contributed by atoms with Gasteiger partial charge in [0.1, 0.15) is 0 Å². The number of thiazole rings is 1. The van der Waals surface area contributed by atoms with Crippen LogP contribution < -0.4 is 10.1 Å². The number of rotatable bonds is 2. The van der Waals surface area contributed by atoms with Gasteiger partial charge in [0.25, 0.3) is 0 Å². The summed E-state index contributed by atoms with van der Waals surface area (Å²) in [6.07, 6.45) is 5.72. The molecule has 0 saturated carbocycles. The number of aryl methyl sites for hydroxylation is 1. The molecule has 0 aliphatic carbocycles. The van der Waals surface area contributed by atoms with E-state index in [1.807, 2.05) is 38.5 Å². The maximum absolute atomic E-state index is 12.0. The van der Waals surface area contributed by atoms with Gasteiger partial charge in [0, 0.05) is 23.2 Å². The van der Waals surface area contributed by atoms with Crippen LogP contribution in [0.3, 0.4) is 0 Å². The number of hydrogen-bond donors (Lipinski definition) is 1. The lowest BCUT2D eigenvalue weighted by Crippen LogP contribution is -2.40. The van der Waals surface area contributed by atoms with Gasteiger partial charge in [-0.3, -0.25) is 0 Å². The molecule has 1 aromatic rings. The third kappa shape index (κ3) is 5.28. The molecule has 1 aromatic heterocycles. The maximum Gasteiger partial charge on any atom is 0.344 e. The van der Waals surface area contributed by atoms with E-state index in [9.17, 15) is 4.79 Å². The van der Waals surface area contributed by atoms with E-state index in [1.54, 1.807) is 0 Å². The Hall–Kier alpha value is -1.14. The van der Waals surface area contributed by atoms with E-state index in [-0.39, 0.29) is 17.7 Å². The van der Waals surface area contributed by atoms with Crippen LogP contribution in [0, 0.1) is 6.92 Å². The van der Waals surface area contributed by atoms with E-state index in [2.05, 4.69) is 10.3 Å². The van der Waals surface area contributed by atoms with Crippen LogP contribution in [0.1, 0.15) is 44.9 Å². The van der Waals surface area contributed by atoms with Gasteiger partial charge < -0.3 is 14.6 Å². The van der Waals surface area contributed by atoms with Gasteiger partial charge in [-0.2, -0.15) is 4.99 Å². The number of nitrogens with one attached hydrogen (secondary N) is 1. The van der Waals surface area contributed by atoms with Crippen LogP contribution in [0.15, 0.2) is 11.2 Å². The minimum Gasteiger partial charge on any atom is -0.376 e. The Morgan fingerprint density at radius 1 is 1.52 bits per heavy atom. The predicted molar refractivity (Wildman–Crippen MR) is 84.5 cm³/mol. The summed E-state index contributed by atoms with van der Waals surface area (Å²) in [6, 6.07) is -0.289. The van der Waals surface area contributed by atoms with E-state index < -0.39 is 0 Å². The van der Waals surface area contributed by atoms with Crippen LogP contribution in [-0.2, 0) is 11.3 Å². The fraction of sp³-hybridized carbons (Fsp3) is 0.733. The number of carbonyl (C=O) groups excluding carboxylic acids is 1. The second kappa shape index (κ2) is 6.75. The quantitative estimate of drug-likeness (QED) is 0.913. The summed E-state index contributed by atoms with van der Waals surface area (Å²) >= 11 is 1.54. The van der Waals surface area contributed by atoms with Crippen molar-refractivity contribution >= 4 is 17.4 Å². The minimum absolute atomic E-state index is 0.234. The molecular formula is C15H25N3O2S. The molecule has 1 N–H and O–H groups in total. The van der Waals surface area contributed by atoms with Crippen molar-refractivity contribution in [2.24, 2.45) is 4.99 Å². The fourth-order valence-corrected chi connectivity index (χ4v) is 3.17. The molecule has 0 radical (unpaired) electrons. The number of carbonyl (C=O) groups is 1. The van der Waals surface area contributed by atoms with Crippen molar-refractivity contribution in [1.82, 2.24) is 9.88 Å². The average molecular weight is 311 g/mol. The molecular weight excluding hydrogens is 286 g/mol. The third-order valence-corrected chi connectivity index (χ3v) is 4.12. The normalized spacial score (nSPS) is 20.6. The number of ether oxygens (including phenoxy) is 1. The Morgan fingerprint density at radius 2 is 2.29 bits per heavy atom. The summed E-state index contributed by atoms with van der Waals surface area (Å²) in [5.74, 6) is 0. The molecule has 2 heterocycles. The van der Waals surface area contributed by atoms with Crippen LogP contribution in [0.4, 0.5) is 4.79 Å². The van der Waals surface area contributed by atoms with Crippen LogP contribution in [0.25, 0.3) is 0 Å². The number of amides is 2. The molecule has 1 fully saturated rings. The Kier molecular flexibility index (Phi) is 5.22. The lowest BCUT2D eigenvalue weighted by Gasteiger charge is -2.22. The second-order valence-corrected chi connectivity index (χ2v) is 7.77. The largest absolute Gasteiger partial charge is 0.376 e. The van der Waals surface area contributed by atoms with Crippen molar-refractivity contribution < 1.29 is 9.53 Å². The third-order valence-electron chi connectivity index (χ3n) is 3.19. The van der Waals surface area contributed by atoms with Gasteiger partial charge >= 0.3 is 6.03 Å². The summed E-state index contributed by atoms with van der Waals surface area (Å²) in [4.78, 5) is 18.1. The van der Waals surface area contributed by atoms with Gasteiger partial charge in [0.2, 0.25) is 0 Å². The van der Waals surface area contributed by atoms with Gasteiger partial charge in [0.15, 0.2) is 4.80 Å². The molecule has 1 unspecified atom stereocenters. The number of aromatic nitrogens is 1. The molecule has 1 saturated heterocycles. The molecule has 1 atom stereocenters. The molecule has 1 aliphatic rings. The first-order valence-corrected chi connectivity index (χ1v) is 8.30. The number of nitrogens with zero attached hydrogens (tertiary/aromatic N) is 2. The van der Waals surface area contributed by atoms with Crippen molar-refractivity contribution in [2.45, 2.75) is 65.1 Å². The van der Waals surface area contributed by atoms with E-state index in [0.29, 0.717) is 0 Å². The maximum atomic E-state index is 12.0. The van der Waals surface area contributed by atoms with E-state index in [0.717, 1.165) is 35.7 Å². The van der Waals surface area contributed by atoms with Crippen LogP contribution in [0.5, 0.6) is 0 Å². The number of hydrogen-bond acceptors (Lipinski definition) is 3. The highest BCUT2D eigenvalue weighted by atomic mass is 32.1. The Morgan fingerprint density at radius 3 is 2.90 bits per heavy atom. The van der Waals surface area contributed by atoms with Crippen molar-refractivity contribution in [3.05, 3.63) is 15.9 Å². The smallest absolute Gasteiger partial charge is 0.344 e.